The van der Waals surface area contributed by atoms with Gasteiger partial charge < -0.3 is 16.2 Å². The van der Waals surface area contributed by atoms with E-state index in [2.05, 4.69) is 5.32 Å². The van der Waals surface area contributed by atoms with Gasteiger partial charge in [-0.1, -0.05) is 40.0 Å². The summed E-state index contributed by atoms with van der Waals surface area (Å²) in [7, 11) is 0. The van der Waals surface area contributed by atoms with E-state index in [1.807, 2.05) is 20.8 Å². The Kier molecular flexibility index (Phi) is 5.99. The van der Waals surface area contributed by atoms with Gasteiger partial charge in [0.15, 0.2) is 0 Å². The topological polar surface area (TPSA) is 92.4 Å². The summed E-state index contributed by atoms with van der Waals surface area (Å²) in [5, 5.41) is 12.0. The van der Waals surface area contributed by atoms with Crippen LogP contribution in [0.5, 0.6) is 0 Å². The summed E-state index contributed by atoms with van der Waals surface area (Å²) in [6, 6.07) is -1.49. The molecule has 0 aromatic heterocycles. The van der Waals surface area contributed by atoms with Gasteiger partial charge in [-0.05, 0) is 30.6 Å². The average molecular weight is 284 g/mol. The molecule has 0 spiro atoms. The second-order valence-electron chi connectivity index (χ2n) is 6.55. The molecule has 20 heavy (non-hydrogen) atoms. The molecule has 0 aliphatic heterocycles. The molecule has 0 aromatic rings. The van der Waals surface area contributed by atoms with Gasteiger partial charge in [0.2, 0.25) is 5.91 Å². The molecule has 1 aliphatic carbocycles. The van der Waals surface area contributed by atoms with Crippen LogP contribution in [0.15, 0.2) is 0 Å². The van der Waals surface area contributed by atoms with E-state index in [0.29, 0.717) is 6.42 Å². The molecule has 1 unspecified atom stereocenters. The van der Waals surface area contributed by atoms with Crippen molar-refractivity contribution in [3.8, 4) is 0 Å². The molecule has 0 heterocycles. The number of amides is 1. The van der Waals surface area contributed by atoms with E-state index in [1.54, 1.807) is 0 Å². The number of nitrogens with one attached hydrogen (secondary N) is 1. The molecule has 5 nitrogen and oxygen atoms in total. The number of rotatable bonds is 6. The molecule has 1 fully saturated rings. The van der Waals surface area contributed by atoms with Crippen molar-refractivity contribution in [2.75, 3.05) is 0 Å². The zero-order valence-electron chi connectivity index (χ0n) is 12.8. The second kappa shape index (κ2) is 7.07. The molecule has 116 valence electrons. The van der Waals surface area contributed by atoms with Gasteiger partial charge in [0.05, 0.1) is 6.04 Å². The van der Waals surface area contributed by atoms with Crippen LogP contribution in [0.25, 0.3) is 0 Å². The van der Waals surface area contributed by atoms with Gasteiger partial charge in [0.25, 0.3) is 0 Å². The molecule has 1 aliphatic rings. The lowest BCUT2D eigenvalue weighted by molar-refractivity contribution is -0.145. The molecule has 1 saturated carbocycles. The number of hydrogen-bond acceptors (Lipinski definition) is 3. The van der Waals surface area contributed by atoms with E-state index in [1.165, 1.54) is 6.42 Å². The third-order valence-corrected chi connectivity index (χ3v) is 4.69. The summed E-state index contributed by atoms with van der Waals surface area (Å²) in [5.74, 6) is -1.14. The fraction of sp³-hybridized carbons (Fsp3) is 0.867. The summed E-state index contributed by atoms with van der Waals surface area (Å²) < 4.78 is 0. The minimum atomic E-state index is -0.999. The van der Waals surface area contributed by atoms with Crippen molar-refractivity contribution in [3.63, 3.8) is 0 Å². The minimum absolute atomic E-state index is 0.183. The molecule has 1 rings (SSSR count). The second-order valence-corrected chi connectivity index (χ2v) is 6.55. The smallest absolute Gasteiger partial charge is 0.326 e. The van der Waals surface area contributed by atoms with Crippen molar-refractivity contribution in [2.24, 2.45) is 17.1 Å². The van der Waals surface area contributed by atoms with Crippen molar-refractivity contribution < 1.29 is 14.7 Å². The molecule has 0 aromatic carbocycles. The minimum Gasteiger partial charge on any atom is -0.480 e. The van der Waals surface area contributed by atoms with Gasteiger partial charge in [0.1, 0.15) is 6.04 Å². The van der Waals surface area contributed by atoms with Crippen LogP contribution >= 0.6 is 0 Å². The Morgan fingerprint density at radius 1 is 1.30 bits per heavy atom. The van der Waals surface area contributed by atoms with E-state index in [0.717, 1.165) is 25.7 Å². The first-order chi connectivity index (χ1) is 9.29. The number of nitrogens with two attached hydrogens (primary N) is 1. The molecule has 0 bridgehead atoms. The van der Waals surface area contributed by atoms with Crippen molar-refractivity contribution in [1.82, 2.24) is 5.32 Å². The van der Waals surface area contributed by atoms with Gasteiger partial charge in [-0.25, -0.2) is 4.79 Å². The normalized spacial score (nSPS) is 20.2. The molecule has 0 radical (unpaired) electrons. The van der Waals surface area contributed by atoms with Gasteiger partial charge >= 0.3 is 5.97 Å². The first-order valence-corrected chi connectivity index (χ1v) is 7.58. The number of aliphatic carboxylic acids is 1. The number of carbonyl (C=O) groups excluding carboxylic acids is 1. The monoisotopic (exact) mass is 284 g/mol. The molecule has 1 amide bonds. The Balaban J connectivity index is 2.68. The molecule has 0 saturated heterocycles. The highest BCUT2D eigenvalue weighted by Crippen LogP contribution is 2.27. The quantitative estimate of drug-likeness (QED) is 0.694. The number of carbonyl (C=O) groups is 2. The van der Waals surface area contributed by atoms with Crippen LogP contribution in [-0.2, 0) is 9.59 Å². The van der Waals surface area contributed by atoms with E-state index in [4.69, 9.17) is 5.73 Å². The van der Waals surface area contributed by atoms with Crippen molar-refractivity contribution in [2.45, 2.75) is 71.4 Å². The lowest BCUT2D eigenvalue weighted by Crippen LogP contribution is -2.56. The summed E-state index contributed by atoms with van der Waals surface area (Å²) in [6.45, 7) is 5.61. The van der Waals surface area contributed by atoms with Crippen LogP contribution in [0.2, 0.25) is 0 Å². The standard InChI is InChI=1S/C15H28N2O3/c1-4-15(2,3)12(14(19)20)17-13(18)11(16)10-8-6-5-7-9-10/h10-12H,4-9,16H2,1-3H3,(H,17,18)(H,19,20)/t11-,12?/m0/s1. The summed E-state index contributed by atoms with van der Waals surface area (Å²) in [5.41, 5.74) is 5.53. The third-order valence-electron chi connectivity index (χ3n) is 4.69. The van der Waals surface area contributed by atoms with Crippen LogP contribution in [0.1, 0.15) is 59.3 Å². The van der Waals surface area contributed by atoms with Gasteiger partial charge in [-0.2, -0.15) is 0 Å². The zero-order chi connectivity index (χ0) is 15.3. The summed E-state index contributed by atoms with van der Waals surface area (Å²) in [6.07, 6.45) is 6.00. The van der Waals surface area contributed by atoms with Crippen LogP contribution < -0.4 is 11.1 Å². The SMILES string of the molecule is CCC(C)(C)C(NC(=O)[C@@H](N)C1CCCCC1)C(=O)O. The Morgan fingerprint density at radius 3 is 2.30 bits per heavy atom. The average Bonchev–Trinajstić information content (AvgIpc) is 2.44. The van der Waals surface area contributed by atoms with E-state index in [-0.39, 0.29) is 11.8 Å². The van der Waals surface area contributed by atoms with Crippen molar-refractivity contribution in [3.05, 3.63) is 0 Å². The predicted octanol–water partition coefficient (Wildman–Crippen LogP) is 1.90. The number of hydrogen-bond donors (Lipinski definition) is 3. The van der Waals surface area contributed by atoms with E-state index < -0.39 is 23.5 Å². The number of carboxylic acid groups (broad SMARTS) is 1. The van der Waals surface area contributed by atoms with Gasteiger partial charge in [0, 0.05) is 0 Å². The summed E-state index contributed by atoms with van der Waals surface area (Å²) >= 11 is 0. The highest BCUT2D eigenvalue weighted by atomic mass is 16.4. The summed E-state index contributed by atoms with van der Waals surface area (Å²) in [4.78, 5) is 23.6. The molecule has 5 heteroatoms. The van der Waals surface area contributed by atoms with Gasteiger partial charge in [-0.3, -0.25) is 4.79 Å². The first-order valence-electron chi connectivity index (χ1n) is 7.58. The fourth-order valence-corrected chi connectivity index (χ4v) is 2.74. The van der Waals surface area contributed by atoms with Gasteiger partial charge in [-0.15, -0.1) is 0 Å². The zero-order valence-corrected chi connectivity index (χ0v) is 12.8. The largest absolute Gasteiger partial charge is 0.480 e. The molecular weight excluding hydrogens is 256 g/mol. The lowest BCUT2D eigenvalue weighted by atomic mass is 9.80. The molecule has 2 atom stereocenters. The first kappa shape index (κ1) is 17.0. The Morgan fingerprint density at radius 2 is 1.85 bits per heavy atom. The fourth-order valence-electron chi connectivity index (χ4n) is 2.74. The predicted molar refractivity (Wildman–Crippen MR) is 78.2 cm³/mol. The molecular formula is C15H28N2O3. The maximum absolute atomic E-state index is 12.2. The maximum atomic E-state index is 12.2. The van der Waals surface area contributed by atoms with Crippen LogP contribution in [-0.4, -0.2) is 29.1 Å². The maximum Gasteiger partial charge on any atom is 0.326 e. The van der Waals surface area contributed by atoms with E-state index >= 15 is 0 Å². The highest BCUT2D eigenvalue weighted by Gasteiger charge is 2.37. The van der Waals surface area contributed by atoms with Crippen molar-refractivity contribution >= 4 is 11.9 Å². The van der Waals surface area contributed by atoms with Crippen LogP contribution in [0.3, 0.4) is 0 Å². The Hall–Kier alpha value is -1.10. The Labute approximate surface area is 121 Å². The highest BCUT2D eigenvalue weighted by molar-refractivity contribution is 5.87. The number of carboxylic acids is 1. The van der Waals surface area contributed by atoms with E-state index in [9.17, 15) is 14.7 Å². The van der Waals surface area contributed by atoms with Crippen molar-refractivity contribution in [1.29, 1.82) is 0 Å². The Bertz CT molecular complexity index is 349. The van der Waals surface area contributed by atoms with Crippen LogP contribution in [0, 0.1) is 11.3 Å². The lowest BCUT2D eigenvalue weighted by Gasteiger charge is -2.33. The van der Waals surface area contributed by atoms with Crippen LogP contribution in [0.4, 0.5) is 0 Å². The molecule has 4 N–H and O–H groups in total. The third kappa shape index (κ3) is 4.20.